The predicted molar refractivity (Wildman–Crippen MR) is 66.2 cm³/mol. The van der Waals surface area contributed by atoms with Gasteiger partial charge in [0.15, 0.2) is 0 Å². The van der Waals surface area contributed by atoms with Crippen molar-refractivity contribution in [2.75, 3.05) is 5.32 Å². The van der Waals surface area contributed by atoms with Crippen LogP contribution in [0.1, 0.15) is 19.4 Å². The van der Waals surface area contributed by atoms with Crippen molar-refractivity contribution in [3.8, 4) is 0 Å². The summed E-state index contributed by atoms with van der Waals surface area (Å²) < 4.78 is 0. The number of carbonyl (C=O) groups is 2. The van der Waals surface area contributed by atoms with E-state index in [1.54, 1.807) is 13.0 Å². The zero-order valence-electron chi connectivity index (χ0n) is 9.99. The van der Waals surface area contributed by atoms with Gasteiger partial charge in [-0.15, -0.1) is 0 Å². The average molecular weight is 235 g/mol. The third-order valence-corrected chi connectivity index (χ3v) is 2.13. The second kappa shape index (κ2) is 6.00. The highest BCUT2D eigenvalue weighted by Gasteiger charge is 2.06. The fourth-order valence-electron chi connectivity index (χ4n) is 1.31. The molecule has 1 atom stereocenters. The van der Waals surface area contributed by atoms with E-state index in [2.05, 4.69) is 10.6 Å². The van der Waals surface area contributed by atoms with Crippen LogP contribution >= 0.6 is 0 Å². The highest BCUT2D eigenvalue weighted by molar-refractivity contribution is 5.88. The van der Waals surface area contributed by atoms with Crippen molar-refractivity contribution in [2.24, 2.45) is 5.73 Å². The summed E-state index contributed by atoms with van der Waals surface area (Å²) in [5.41, 5.74) is 7.05. The zero-order chi connectivity index (χ0) is 12.8. The lowest BCUT2D eigenvalue weighted by Crippen LogP contribution is -2.37. The highest BCUT2D eigenvalue weighted by atomic mass is 16.2. The maximum atomic E-state index is 11.3. The van der Waals surface area contributed by atoms with E-state index in [9.17, 15) is 9.59 Å². The van der Waals surface area contributed by atoms with E-state index in [0.29, 0.717) is 12.2 Å². The van der Waals surface area contributed by atoms with Crippen LogP contribution in [0.4, 0.5) is 5.69 Å². The Balaban J connectivity index is 2.60. The summed E-state index contributed by atoms with van der Waals surface area (Å²) in [4.78, 5) is 22.2. The minimum Gasteiger partial charge on any atom is -0.351 e. The largest absolute Gasteiger partial charge is 0.351 e. The van der Waals surface area contributed by atoms with Crippen LogP contribution in [0.15, 0.2) is 24.3 Å². The summed E-state index contributed by atoms with van der Waals surface area (Å²) >= 11 is 0. The predicted octanol–water partition coefficient (Wildman–Crippen LogP) is 0.608. The standard InChI is InChI=1S/C12H17N3O2/c1-8(13)12(17)14-7-10-4-3-5-11(6-10)15-9(2)16/h3-6,8H,7,13H2,1-2H3,(H,14,17)(H,15,16). The quantitative estimate of drug-likeness (QED) is 0.714. The number of nitrogens with one attached hydrogen (secondary N) is 2. The molecule has 0 aliphatic heterocycles. The van der Waals surface area contributed by atoms with Gasteiger partial charge in [-0.1, -0.05) is 12.1 Å². The molecule has 0 fully saturated rings. The van der Waals surface area contributed by atoms with Crippen LogP contribution in [0.25, 0.3) is 0 Å². The molecule has 0 spiro atoms. The van der Waals surface area contributed by atoms with Crippen LogP contribution in [0.2, 0.25) is 0 Å². The van der Waals surface area contributed by atoms with E-state index in [4.69, 9.17) is 5.73 Å². The molecule has 0 aliphatic carbocycles. The number of hydrogen-bond donors (Lipinski definition) is 3. The molecular weight excluding hydrogens is 218 g/mol. The van der Waals surface area contributed by atoms with Gasteiger partial charge >= 0.3 is 0 Å². The maximum absolute atomic E-state index is 11.3. The lowest BCUT2D eigenvalue weighted by atomic mass is 10.2. The summed E-state index contributed by atoms with van der Waals surface area (Å²) in [6.45, 7) is 3.47. The van der Waals surface area contributed by atoms with Gasteiger partial charge in [0, 0.05) is 19.2 Å². The summed E-state index contributed by atoms with van der Waals surface area (Å²) in [5, 5.41) is 5.38. The Hall–Kier alpha value is -1.88. The fraction of sp³-hybridized carbons (Fsp3) is 0.333. The van der Waals surface area contributed by atoms with E-state index >= 15 is 0 Å². The average Bonchev–Trinajstić information content (AvgIpc) is 2.25. The molecule has 1 unspecified atom stereocenters. The Morgan fingerprint density at radius 1 is 1.41 bits per heavy atom. The Morgan fingerprint density at radius 2 is 2.12 bits per heavy atom. The number of hydrogen-bond acceptors (Lipinski definition) is 3. The number of carbonyl (C=O) groups excluding carboxylic acids is 2. The molecule has 4 N–H and O–H groups in total. The highest BCUT2D eigenvalue weighted by Crippen LogP contribution is 2.10. The third-order valence-electron chi connectivity index (χ3n) is 2.13. The topological polar surface area (TPSA) is 84.2 Å². The first-order chi connectivity index (χ1) is 7.99. The minimum absolute atomic E-state index is 0.123. The van der Waals surface area contributed by atoms with E-state index in [-0.39, 0.29) is 11.8 Å². The molecule has 5 heteroatoms. The number of nitrogens with two attached hydrogens (primary N) is 1. The number of rotatable bonds is 4. The Bertz CT molecular complexity index is 416. The summed E-state index contributed by atoms with van der Waals surface area (Å²) in [6, 6.07) is 6.76. The van der Waals surface area contributed by atoms with Crippen LogP contribution in [0, 0.1) is 0 Å². The monoisotopic (exact) mass is 235 g/mol. The van der Waals surface area contributed by atoms with Gasteiger partial charge < -0.3 is 16.4 Å². The van der Waals surface area contributed by atoms with Crippen LogP contribution < -0.4 is 16.4 Å². The summed E-state index contributed by atoms with van der Waals surface area (Å²) in [5.74, 6) is -0.323. The second-order valence-electron chi connectivity index (χ2n) is 3.89. The first-order valence-corrected chi connectivity index (χ1v) is 5.39. The molecule has 92 valence electrons. The van der Waals surface area contributed by atoms with Crippen LogP contribution in [0.3, 0.4) is 0 Å². The summed E-state index contributed by atoms with van der Waals surface area (Å²) in [6.07, 6.45) is 0. The molecule has 0 radical (unpaired) electrons. The molecule has 2 amide bonds. The molecular formula is C12H17N3O2. The van der Waals surface area contributed by atoms with Crippen molar-refractivity contribution in [3.63, 3.8) is 0 Å². The lowest BCUT2D eigenvalue weighted by Gasteiger charge is -2.09. The molecule has 5 nitrogen and oxygen atoms in total. The van der Waals surface area contributed by atoms with Gasteiger partial charge in [-0.25, -0.2) is 0 Å². The van der Waals surface area contributed by atoms with Crippen molar-refractivity contribution in [2.45, 2.75) is 26.4 Å². The Labute approximate surface area is 100 Å². The summed E-state index contributed by atoms with van der Waals surface area (Å²) in [7, 11) is 0. The van der Waals surface area contributed by atoms with E-state index in [1.165, 1.54) is 6.92 Å². The molecule has 1 rings (SSSR count). The zero-order valence-corrected chi connectivity index (χ0v) is 9.99. The molecule has 0 saturated carbocycles. The Kier molecular flexibility index (Phi) is 4.66. The smallest absolute Gasteiger partial charge is 0.236 e. The van der Waals surface area contributed by atoms with E-state index in [1.807, 2.05) is 18.2 Å². The molecule has 0 saturated heterocycles. The molecule has 1 aromatic carbocycles. The second-order valence-corrected chi connectivity index (χ2v) is 3.89. The Morgan fingerprint density at radius 3 is 2.71 bits per heavy atom. The molecule has 17 heavy (non-hydrogen) atoms. The number of benzene rings is 1. The molecule has 0 aliphatic rings. The van der Waals surface area contributed by atoms with Gasteiger partial charge in [0.05, 0.1) is 6.04 Å². The molecule has 0 heterocycles. The van der Waals surface area contributed by atoms with E-state index in [0.717, 1.165) is 5.56 Å². The van der Waals surface area contributed by atoms with Crippen LogP contribution in [0.5, 0.6) is 0 Å². The van der Waals surface area contributed by atoms with Crippen LogP contribution in [-0.4, -0.2) is 17.9 Å². The lowest BCUT2D eigenvalue weighted by molar-refractivity contribution is -0.122. The van der Waals surface area contributed by atoms with Crippen molar-refractivity contribution in [3.05, 3.63) is 29.8 Å². The first kappa shape index (κ1) is 13.2. The van der Waals surface area contributed by atoms with Gasteiger partial charge in [0.1, 0.15) is 0 Å². The first-order valence-electron chi connectivity index (χ1n) is 5.39. The molecule has 1 aromatic rings. The van der Waals surface area contributed by atoms with Gasteiger partial charge in [-0.2, -0.15) is 0 Å². The van der Waals surface area contributed by atoms with E-state index < -0.39 is 6.04 Å². The van der Waals surface area contributed by atoms with Crippen LogP contribution in [-0.2, 0) is 16.1 Å². The maximum Gasteiger partial charge on any atom is 0.236 e. The molecule has 0 aromatic heterocycles. The van der Waals surface area contributed by atoms with Gasteiger partial charge in [-0.3, -0.25) is 9.59 Å². The third kappa shape index (κ3) is 4.65. The minimum atomic E-state index is -0.520. The van der Waals surface area contributed by atoms with Crippen molar-refractivity contribution < 1.29 is 9.59 Å². The normalized spacial score (nSPS) is 11.7. The van der Waals surface area contributed by atoms with Crippen molar-refractivity contribution >= 4 is 17.5 Å². The number of amides is 2. The van der Waals surface area contributed by atoms with Crippen molar-refractivity contribution in [1.29, 1.82) is 0 Å². The van der Waals surface area contributed by atoms with Gasteiger partial charge in [0.2, 0.25) is 11.8 Å². The fourth-order valence-corrected chi connectivity index (χ4v) is 1.31. The van der Waals surface area contributed by atoms with Crippen molar-refractivity contribution in [1.82, 2.24) is 5.32 Å². The number of anilines is 1. The van der Waals surface area contributed by atoms with Gasteiger partial charge in [0.25, 0.3) is 0 Å². The molecule has 0 bridgehead atoms. The van der Waals surface area contributed by atoms with Gasteiger partial charge in [-0.05, 0) is 24.6 Å². The SMILES string of the molecule is CC(=O)Nc1cccc(CNC(=O)C(C)N)c1.